The number of hydrazone groups is 1. The monoisotopic (exact) mass is 419 g/mol. The summed E-state index contributed by atoms with van der Waals surface area (Å²) in [6.45, 7) is 0.659. The van der Waals surface area contributed by atoms with Gasteiger partial charge in [0.1, 0.15) is 0 Å². The standard InChI is InChI=1S/C18H15BrFN3O3/c1-12-18(20,17(24)23(21-12)15-5-3-2-4-6-15)16(11-22(25)26)13-7-9-14(19)10-8-13/h2-10,16H,11H2,1H3/t16-,18-/m1/s1. The van der Waals surface area contributed by atoms with E-state index in [2.05, 4.69) is 21.0 Å². The van der Waals surface area contributed by atoms with E-state index in [1.807, 2.05) is 0 Å². The molecule has 0 saturated carbocycles. The van der Waals surface area contributed by atoms with E-state index in [1.54, 1.807) is 54.6 Å². The first-order chi connectivity index (χ1) is 12.3. The Hall–Kier alpha value is -2.61. The molecule has 8 heteroatoms. The van der Waals surface area contributed by atoms with Gasteiger partial charge in [0.25, 0.3) is 5.91 Å². The molecule has 0 fully saturated rings. The first kappa shape index (κ1) is 18.2. The number of nitrogens with zero attached hydrogens (tertiary/aromatic N) is 3. The van der Waals surface area contributed by atoms with Crippen molar-refractivity contribution >= 4 is 33.2 Å². The van der Waals surface area contributed by atoms with Gasteiger partial charge in [0.15, 0.2) is 0 Å². The molecule has 1 aliphatic rings. The Labute approximate surface area is 157 Å². The minimum Gasteiger partial charge on any atom is -0.268 e. The maximum atomic E-state index is 16.0. The summed E-state index contributed by atoms with van der Waals surface area (Å²) in [5.74, 6) is -2.20. The summed E-state index contributed by atoms with van der Waals surface area (Å²) in [4.78, 5) is 23.5. The lowest BCUT2D eigenvalue weighted by Crippen LogP contribution is -2.49. The Balaban J connectivity index is 2.05. The highest BCUT2D eigenvalue weighted by Gasteiger charge is 2.58. The summed E-state index contributed by atoms with van der Waals surface area (Å²) in [7, 11) is 0. The molecule has 26 heavy (non-hydrogen) atoms. The van der Waals surface area contributed by atoms with Crippen molar-refractivity contribution in [1.82, 2.24) is 0 Å². The molecule has 1 aliphatic heterocycles. The summed E-state index contributed by atoms with van der Waals surface area (Å²) in [5.41, 5.74) is -1.91. The van der Waals surface area contributed by atoms with Gasteiger partial charge in [0, 0.05) is 9.40 Å². The molecule has 0 bridgehead atoms. The van der Waals surface area contributed by atoms with Crippen molar-refractivity contribution in [3.63, 3.8) is 0 Å². The summed E-state index contributed by atoms with van der Waals surface area (Å²) in [6, 6.07) is 14.9. The van der Waals surface area contributed by atoms with Crippen LogP contribution < -0.4 is 5.01 Å². The lowest BCUT2D eigenvalue weighted by atomic mass is 9.80. The van der Waals surface area contributed by atoms with Gasteiger partial charge < -0.3 is 0 Å². The molecule has 2 aromatic rings. The fourth-order valence-electron chi connectivity index (χ4n) is 3.03. The maximum Gasteiger partial charge on any atom is 0.291 e. The second-order valence-electron chi connectivity index (χ2n) is 5.97. The Kier molecular flexibility index (Phi) is 4.86. The fourth-order valence-corrected chi connectivity index (χ4v) is 3.29. The number of benzene rings is 2. The summed E-state index contributed by atoms with van der Waals surface area (Å²) < 4.78 is 16.8. The van der Waals surface area contributed by atoms with Gasteiger partial charge in [-0.2, -0.15) is 10.1 Å². The van der Waals surface area contributed by atoms with Crippen LogP contribution >= 0.6 is 15.9 Å². The largest absolute Gasteiger partial charge is 0.291 e. The van der Waals surface area contributed by atoms with Crippen LogP contribution in [0.15, 0.2) is 64.2 Å². The summed E-state index contributed by atoms with van der Waals surface area (Å²) in [5, 5.41) is 16.2. The fraction of sp³-hybridized carbons (Fsp3) is 0.222. The molecule has 1 amide bonds. The molecule has 0 spiro atoms. The number of hydrogen-bond donors (Lipinski definition) is 0. The van der Waals surface area contributed by atoms with E-state index in [1.165, 1.54) is 6.92 Å². The molecule has 0 aliphatic carbocycles. The molecular weight excluding hydrogens is 405 g/mol. The number of hydrogen-bond acceptors (Lipinski definition) is 4. The Morgan fingerprint density at radius 2 is 1.85 bits per heavy atom. The third-order valence-electron chi connectivity index (χ3n) is 4.37. The van der Waals surface area contributed by atoms with Gasteiger partial charge in [0.05, 0.1) is 17.3 Å². The van der Waals surface area contributed by atoms with Gasteiger partial charge >= 0.3 is 0 Å². The Morgan fingerprint density at radius 1 is 1.23 bits per heavy atom. The van der Waals surface area contributed by atoms with Crippen molar-refractivity contribution in [3.8, 4) is 0 Å². The Morgan fingerprint density at radius 3 is 2.42 bits per heavy atom. The van der Waals surface area contributed by atoms with Crippen LogP contribution in [0.1, 0.15) is 18.4 Å². The van der Waals surface area contributed by atoms with E-state index in [0.717, 1.165) is 9.48 Å². The number of alkyl halides is 1. The van der Waals surface area contributed by atoms with Crippen LogP contribution in [0.4, 0.5) is 10.1 Å². The van der Waals surface area contributed by atoms with Crippen LogP contribution in [-0.2, 0) is 4.79 Å². The zero-order valence-electron chi connectivity index (χ0n) is 13.8. The molecule has 0 aromatic heterocycles. The maximum absolute atomic E-state index is 16.0. The predicted octanol–water partition coefficient (Wildman–Crippen LogP) is 3.94. The molecule has 134 valence electrons. The van der Waals surface area contributed by atoms with E-state index in [-0.39, 0.29) is 5.71 Å². The van der Waals surface area contributed by atoms with Crippen LogP contribution in [0.5, 0.6) is 0 Å². The highest BCUT2D eigenvalue weighted by molar-refractivity contribution is 9.10. The van der Waals surface area contributed by atoms with Crippen molar-refractivity contribution in [2.24, 2.45) is 5.10 Å². The van der Waals surface area contributed by atoms with Crippen molar-refractivity contribution in [2.75, 3.05) is 11.6 Å². The van der Waals surface area contributed by atoms with Crippen molar-refractivity contribution in [2.45, 2.75) is 18.5 Å². The highest BCUT2D eigenvalue weighted by atomic mass is 79.9. The first-order valence-electron chi connectivity index (χ1n) is 7.85. The number of anilines is 1. The number of nitro groups is 1. The minimum atomic E-state index is -2.59. The van der Waals surface area contributed by atoms with E-state index in [9.17, 15) is 14.9 Å². The molecule has 1 heterocycles. The summed E-state index contributed by atoms with van der Waals surface area (Å²) in [6.07, 6.45) is 0. The summed E-state index contributed by atoms with van der Waals surface area (Å²) >= 11 is 3.28. The van der Waals surface area contributed by atoms with E-state index >= 15 is 4.39 Å². The second-order valence-corrected chi connectivity index (χ2v) is 6.88. The molecule has 0 saturated heterocycles. The predicted molar refractivity (Wildman–Crippen MR) is 99.6 cm³/mol. The second kappa shape index (κ2) is 6.95. The SMILES string of the molecule is CC1=NN(c2ccccc2)C(=O)[C@]1(F)[C@H](C[N+](=O)[O-])c1ccc(Br)cc1. The molecular formula is C18H15BrFN3O3. The van der Waals surface area contributed by atoms with Crippen LogP contribution in [0, 0.1) is 10.1 Å². The number of amides is 1. The third kappa shape index (κ3) is 3.12. The number of carbonyl (C=O) groups excluding carboxylic acids is 1. The van der Waals surface area contributed by atoms with Gasteiger partial charge in [-0.1, -0.05) is 46.3 Å². The number of carbonyl (C=O) groups is 1. The quantitative estimate of drug-likeness (QED) is 0.543. The number of para-hydroxylation sites is 1. The lowest BCUT2D eigenvalue weighted by Gasteiger charge is -2.27. The van der Waals surface area contributed by atoms with Crippen molar-refractivity contribution in [1.29, 1.82) is 0 Å². The highest BCUT2D eigenvalue weighted by Crippen LogP contribution is 2.40. The molecule has 3 rings (SSSR count). The van der Waals surface area contributed by atoms with E-state index < -0.39 is 29.0 Å². The van der Waals surface area contributed by atoms with Crippen LogP contribution in [0.2, 0.25) is 0 Å². The topological polar surface area (TPSA) is 75.8 Å². The number of rotatable bonds is 5. The van der Waals surface area contributed by atoms with Crippen molar-refractivity contribution in [3.05, 3.63) is 74.7 Å². The zero-order chi connectivity index (χ0) is 18.9. The van der Waals surface area contributed by atoms with Gasteiger partial charge in [-0.3, -0.25) is 14.9 Å². The lowest BCUT2D eigenvalue weighted by molar-refractivity contribution is -0.485. The normalized spacial score (nSPS) is 20.8. The van der Waals surface area contributed by atoms with Crippen LogP contribution in [-0.4, -0.2) is 28.8 Å². The Bertz CT molecular complexity index is 873. The van der Waals surface area contributed by atoms with E-state index in [4.69, 9.17) is 0 Å². The average Bonchev–Trinajstić information content (AvgIpc) is 2.86. The van der Waals surface area contributed by atoms with Crippen LogP contribution in [0.25, 0.3) is 0 Å². The van der Waals surface area contributed by atoms with Crippen LogP contribution in [0.3, 0.4) is 0 Å². The molecule has 0 radical (unpaired) electrons. The molecule has 6 nitrogen and oxygen atoms in total. The molecule has 0 unspecified atom stereocenters. The first-order valence-corrected chi connectivity index (χ1v) is 8.64. The van der Waals surface area contributed by atoms with Gasteiger partial charge in [-0.25, -0.2) is 4.39 Å². The van der Waals surface area contributed by atoms with Gasteiger partial charge in [0.2, 0.25) is 12.2 Å². The smallest absolute Gasteiger partial charge is 0.268 e. The van der Waals surface area contributed by atoms with E-state index in [0.29, 0.717) is 11.3 Å². The zero-order valence-corrected chi connectivity index (χ0v) is 15.4. The minimum absolute atomic E-state index is 0.0962. The van der Waals surface area contributed by atoms with Gasteiger partial charge in [-0.05, 0) is 36.8 Å². The van der Waals surface area contributed by atoms with Crippen molar-refractivity contribution < 1.29 is 14.1 Å². The molecule has 2 atom stereocenters. The average molecular weight is 420 g/mol. The van der Waals surface area contributed by atoms with Gasteiger partial charge in [-0.15, -0.1) is 0 Å². The third-order valence-corrected chi connectivity index (χ3v) is 4.89. The number of halogens is 2. The molecule has 0 N–H and O–H groups in total. The molecule has 2 aromatic carbocycles.